The molecule has 0 heterocycles. The fraction of sp³-hybridized carbons (Fsp3) is 0.306. The molecule has 0 bridgehead atoms. The summed E-state index contributed by atoms with van der Waals surface area (Å²) < 4.78 is 88.4. The molecule has 0 N–H and O–H groups in total. The topological polar surface area (TPSA) is 85.3 Å². The van der Waals surface area contributed by atoms with Gasteiger partial charge in [-0.25, -0.2) is 25.6 Å². The maximum Gasteiger partial charge on any atom is 0.182 e. The molecule has 2 saturated carbocycles. The molecule has 0 amide bonds. The molecule has 0 aromatic heterocycles. The molecule has 0 saturated heterocycles. The van der Waals surface area contributed by atoms with Crippen LogP contribution in [0.4, 0.5) is 8.78 Å². The van der Waals surface area contributed by atoms with Gasteiger partial charge in [-0.2, -0.15) is 0 Å². The SMILES string of the molecule is Cc1ccc(S(=O)(=O)C2CC3C(=O)CC(c4ccccc4F)C(S(=O)(=O)c4ccc(C)cc4)C3CC2c2ccccc2F)cc1. The van der Waals surface area contributed by atoms with Gasteiger partial charge in [0.25, 0.3) is 0 Å². The molecule has 6 rings (SSSR count). The third-order valence-corrected chi connectivity index (χ3v) is 14.3. The number of hydrogen-bond acceptors (Lipinski definition) is 5. The van der Waals surface area contributed by atoms with Crippen molar-refractivity contribution in [3.05, 3.63) is 131 Å². The van der Waals surface area contributed by atoms with Crippen LogP contribution in [0.25, 0.3) is 0 Å². The van der Waals surface area contributed by atoms with E-state index in [1.165, 1.54) is 60.7 Å². The van der Waals surface area contributed by atoms with Crippen LogP contribution in [0.1, 0.15) is 53.4 Å². The first-order valence-electron chi connectivity index (χ1n) is 15.0. The Morgan fingerprint density at radius 2 is 1.04 bits per heavy atom. The average molecular weight is 649 g/mol. The second kappa shape index (κ2) is 11.9. The number of ketones is 1. The number of sulfone groups is 2. The molecule has 2 aliphatic carbocycles. The highest BCUT2D eigenvalue weighted by Crippen LogP contribution is 2.54. The van der Waals surface area contributed by atoms with E-state index >= 15 is 8.78 Å². The van der Waals surface area contributed by atoms with Crippen LogP contribution in [0, 0.1) is 37.3 Å². The first kappa shape index (κ1) is 31.3. The van der Waals surface area contributed by atoms with E-state index in [9.17, 15) is 21.6 Å². The van der Waals surface area contributed by atoms with Gasteiger partial charge in [-0.05, 0) is 80.1 Å². The van der Waals surface area contributed by atoms with Gasteiger partial charge in [-0.1, -0.05) is 71.8 Å². The Balaban J connectivity index is 1.53. The lowest BCUT2D eigenvalue weighted by Gasteiger charge is -2.48. The van der Waals surface area contributed by atoms with Crippen molar-refractivity contribution in [2.75, 3.05) is 0 Å². The molecule has 6 atom stereocenters. The van der Waals surface area contributed by atoms with Crippen molar-refractivity contribution in [1.29, 1.82) is 0 Å². The zero-order chi connectivity index (χ0) is 32.1. The Hall–Kier alpha value is -3.69. The Morgan fingerprint density at radius 3 is 1.56 bits per heavy atom. The summed E-state index contributed by atoms with van der Waals surface area (Å²) >= 11 is 0. The van der Waals surface area contributed by atoms with Gasteiger partial charge in [0.2, 0.25) is 0 Å². The van der Waals surface area contributed by atoms with E-state index in [-0.39, 0.29) is 46.0 Å². The van der Waals surface area contributed by atoms with Crippen molar-refractivity contribution >= 4 is 25.5 Å². The summed E-state index contributed by atoms with van der Waals surface area (Å²) in [5.41, 5.74) is 2.01. The summed E-state index contributed by atoms with van der Waals surface area (Å²) in [4.78, 5) is 14.1. The minimum Gasteiger partial charge on any atom is -0.299 e. The van der Waals surface area contributed by atoms with Gasteiger partial charge in [-0.3, -0.25) is 4.79 Å². The van der Waals surface area contributed by atoms with Crippen LogP contribution >= 0.6 is 0 Å². The standard InChI is InChI=1S/C36H34F2O5S2/c1-22-11-15-24(16-12-22)44(40,41)35-21-28-30(19-29(35)26-7-3-5-9-32(26)37)36(45(42,43)25-17-13-23(2)14-18-25)31(20-34(28)39)27-8-4-6-10-33(27)38/h3-18,28-31,35-36H,19-21H2,1-2H3. The summed E-state index contributed by atoms with van der Waals surface area (Å²) in [5, 5.41) is -2.41. The first-order chi connectivity index (χ1) is 21.4. The van der Waals surface area contributed by atoms with Crippen LogP contribution < -0.4 is 0 Å². The van der Waals surface area contributed by atoms with Gasteiger partial charge in [0.1, 0.15) is 17.4 Å². The minimum absolute atomic E-state index is 0.0457. The van der Waals surface area contributed by atoms with E-state index in [2.05, 4.69) is 0 Å². The number of benzene rings is 4. The van der Waals surface area contributed by atoms with Crippen molar-refractivity contribution in [3.63, 3.8) is 0 Å². The second-order valence-corrected chi connectivity index (χ2v) is 16.7. The summed E-state index contributed by atoms with van der Waals surface area (Å²) in [6, 6.07) is 24.6. The van der Waals surface area contributed by atoms with Crippen molar-refractivity contribution in [1.82, 2.24) is 0 Å². The number of carbonyl (C=O) groups excluding carboxylic acids is 1. The second-order valence-electron chi connectivity index (χ2n) is 12.4. The van der Waals surface area contributed by atoms with E-state index < -0.39 is 65.5 Å². The van der Waals surface area contributed by atoms with Crippen LogP contribution in [-0.2, 0) is 24.5 Å². The zero-order valence-corrected chi connectivity index (χ0v) is 26.6. The Morgan fingerprint density at radius 1 is 0.578 bits per heavy atom. The lowest BCUT2D eigenvalue weighted by molar-refractivity contribution is -0.128. The first-order valence-corrected chi connectivity index (χ1v) is 18.1. The molecule has 4 aromatic rings. The number of rotatable bonds is 6. The number of fused-ring (bicyclic) bond motifs is 1. The number of aryl methyl sites for hydroxylation is 2. The predicted molar refractivity (Wildman–Crippen MR) is 168 cm³/mol. The Labute approximate surface area is 263 Å². The van der Waals surface area contributed by atoms with E-state index in [1.807, 2.05) is 13.8 Å². The molecule has 9 heteroatoms. The van der Waals surface area contributed by atoms with Crippen molar-refractivity contribution in [3.8, 4) is 0 Å². The van der Waals surface area contributed by atoms with Gasteiger partial charge in [0.05, 0.1) is 20.3 Å². The number of carbonyl (C=O) groups is 1. The Kier molecular flexibility index (Phi) is 8.29. The lowest BCUT2D eigenvalue weighted by Crippen LogP contribution is -2.53. The van der Waals surface area contributed by atoms with Gasteiger partial charge in [-0.15, -0.1) is 0 Å². The molecule has 0 spiro atoms. The van der Waals surface area contributed by atoms with Crippen LogP contribution in [-0.4, -0.2) is 33.1 Å². The summed E-state index contributed by atoms with van der Waals surface area (Å²) in [7, 11) is -8.25. The molecule has 0 aliphatic heterocycles. The maximum absolute atomic E-state index is 15.5. The minimum atomic E-state index is -4.17. The average Bonchev–Trinajstić information content (AvgIpc) is 3.01. The lowest BCUT2D eigenvalue weighted by atomic mass is 9.61. The summed E-state index contributed by atoms with van der Waals surface area (Å²) in [6.45, 7) is 3.67. The highest BCUT2D eigenvalue weighted by atomic mass is 32.2. The highest BCUT2D eigenvalue weighted by Gasteiger charge is 2.57. The summed E-state index contributed by atoms with van der Waals surface area (Å²) in [5.74, 6) is -5.27. The van der Waals surface area contributed by atoms with Crippen LogP contribution in [0.5, 0.6) is 0 Å². The molecule has 2 aliphatic rings. The van der Waals surface area contributed by atoms with E-state index in [0.717, 1.165) is 11.1 Å². The number of halogens is 2. The van der Waals surface area contributed by atoms with Crippen molar-refractivity contribution in [2.45, 2.75) is 65.2 Å². The molecular formula is C36H34F2O5S2. The van der Waals surface area contributed by atoms with Gasteiger partial charge >= 0.3 is 0 Å². The largest absolute Gasteiger partial charge is 0.299 e. The van der Waals surface area contributed by atoms with Gasteiger partial charge in [0, 0.05) is 24.2 Å². The smallest absolute Gasteiger partial charge is 0.182 e. The third-order valence-electron chi connectivity index (χ3n) is 9.70. The number of hydrogen-bond donors (Lipinski definition) is 0. The molecule has 5 nitrogen and oxygen atoms in total. The monoisotopic (exact) mass is 648 g/mol. The normalized spacial score (nSPS) is 25.5. The van der Waals surface area contributed by atoms with Crippen molar-refractivity contribution < 1.29 is 30.4 Å². The molecule has 6 unspecified atom stereocenters. The molecule has 4 aromatic carbocycles. The maximum atomic E-state index is 15.5. The van der Waals surface area contributed by atoms with Crippen molar-refractivity contribution in [2.24, 2.45) is 11.8 Å². The molecule has 0 radical (unpaired) electrons. The quantitative estimate of drug-likeness (QED) is 0.222. The van der Waals surface area contributed by atoms with E-state index in [4.69, 9.17) is 0 Å². The zero-order valence-electron chi connectivity index (χ0n) is 24.9. The Bertz CT molecular complexity index is 1960. The third kappa shape index (κ3) is 5.65. The van der Waals surface area contributed by atoms with E-state index in [0.29, 0.717) is 0 Å². The van der Waals surface area contributed by atoms with Gasteiger partial charge < -0.3 is 0 Å². The van der Waals surface area contributed by atoms with Gasteiger partial charge in [0.15, 0.2) is 19.7 Å². The molecule has 2 fully saturated rings. The molecular weight excluding hydrogens is 615 g/mol. The van der Waals surface area contributed by atoms with Crippen LogP contribution in [0.15, 0.2) is 107 Å². The molecule has 45 heavy (non-hydrogen) atoms. The highest BCUT2D eigenvalue weighted by molar-refractivity contribution is 7.92. The predicted octanol–water partition coefficient (Wildman–Crippen LogP) is 7.13. The fourth-order valence-electron chi connectivity index (χ4n) is 7.46. The van der Waals surface area contributed by atoms with E-state index in [1.54, 1.807) is 36.4 Å². The summed E-state index contributed by atoms with van der Waals surface area (Å²) in [6.07, 6.45) is -0.490. The number of Topliss-reactive ketones (excluding diaryl/α,β-unsaturated/α-hetero) is 1. The molecule has 234 valence electrons. The van der Waals surface area contributed by atoms with Crippen LogP contribution in [0.2, 0.25) is 0 Å². The fourth-order valence-corrected chi connectivity index (χ4v) is 11.7. The van der Waals surface area contributed by atoms with Crippen LogP contribution in [0.3, 0.4) is 0 Å².